The summed E-state index contributed by atoms with van der Waals surface area (Å²) in [7, 11) is 0. The lowest BCUT2D eigenvalue weighted by molar-refractivity contribution is -0.114. The van der Waals surface area contributed by atoms with E-state index in [9.17, 15) is 9.59 Å². The summed E-state index contributed by atoms with van der Waals surface area (Å²) in [6.07, 6.45) is 0. The average Bonchev–Trinajstić information content (AvgIpc) is 2.67. The minimum Gasteiger partial charge on any atom is -0.300 e. The van der Waals surface area contributed by atoms with Gasteiger partial charge in [-0.05, 0) is 48.7 Å². The molecule has 1 aliphatic rings. The molecule has 0 fully saturated rings. The molecule has 0 saturated carbocycles. The van der Waals surface area contributed by atoms with Gasteiger partial charge in [0.2, 0.25) is 0 Å². The highest BCUT2D eigenvalue weighted by Crippen LogP contribution is 2.33. The Kier molecular flexibility index (Phi) is 3.30. The van der Waals surface area contributed by atoms with E-state index in [1.165, 1.54) is 4.90 Å². The van der Waals surface area contributed by atoms with Gasteiger partial charge in [0.1, 0.15) is 0 Å². The van der Waals surface area contributed by atoms with Gasteiger partial charge >= 0.3 is 0 Å². The summed E-state index contributed by atoms with van der Waals surface area (Å²) in [5, 5.41) is 0.462. The lowest BCUT2D eigenvalue weighted by Crippen LogP contribution is -2.29. The Bertz CT molecular complexity index is 747. The molecule has 1 heterocycles. The van der Waals surface area contributed by atoms with Crippen molar-refractivity contribution in [2.45, 2.75) is 20.4 Å². The van der Waals surface area contributed by atoms with Crippen LogP contribution in [0.2, 0.25) is 5.02 Å². The molecule has 0 atom stereocenters. The maximum Gasteiger partial charge on any atom is 0.299 e. The van der Waals surface area contributed by atoms with E-state index in [1.54, 1.807) is 18.2 Å². The third kappa shape index (κ3) is 2.24. The number of halogens is 1. The van der Waals surface area contributed by atoms with Gasteiger partial charge in [-0.3, -0.25) is 9.59 Å². The van der Waals surface area contributed by atoms with Crippen molar-refractivity contribution >= 4 is 29.0 Å². The van der Waals surface area contributed by atoms with Crippen LogP contribution in [0.5, 0.6) is 0 Å². The van der Waals surface area contributed by atoms with Gasteiger partial charge in [-0.2, -0.15) is 0 Å². The van der Waals surface area contributed by atoms with Gasteiger partial charge < -0.3 is 4.90 Å². The van der Waals surface area contributed by atoms with Gasteiger partial charge in [0, 0.05) is 5.02 Å². The molecule has 0 N–H and O–H groups in total. The molecule has 3 rings (SSSR count). The van der Waals surface area contributed by atoms with Crippen molar-refractivity contribution in [2.24, 2.45) is 0 Å². The van der Waals surface area contributed by atoms with Gasteiger partial charge in [0.15, 0.2) is 0 Å². The maximum absolute atomic E-state index is 12.2. The smallest absolute Gasteiger partial charge is 0.299 e. The van der Waals surface area contributed by atoms with E-state index in [-0.39, 0.29) is 0 Å². The topological polar surface area (TPSA) is 37.4 Å². The van der Waals surface area contributed by atoms with Crippen molar-refractivity contribution in [2.75, 3.05) is 4.90 Å². The average molecular weight is 300 g/mol. The van der Waals surface area contributed by atoms with Crippen molar-refractivity contribution in [3.63, 3.8) is 0 Å². The van der Waals surface area contributed by atoms with Crippen molar-refractivity contribution in [3.05, 3.63) is 63.7 Å². The number of carbonyl (C=O) groups is 2. The normalized spacial score (nSPS) is 13.8. The fraction of sp³-hybridized carbons (Fsp3) is 0.176. The van der Waals surface area contributed by atoms with E-state index in [0.717, 1.165) is 16.7 Å². The van der Waals surface area contributed by atoms with Crippen LogP contribution in [-0.4, -0.2) is 11.7 Å². The molecule has 0 aromatic heterocycles. The van der Waals surface area contributed by atoms with E-state index in [0.29, 0.717) is 22.8 Å². The number of rotatable bonds is 2. The fourth-order valence-corrected chi connectivity index (χ4v) is 2.86. The highest BCUT2D eigenvalue weighted by Gasteiger charge is 2.36. The van der Waals surface area contributed by atoms with E-state index in [4.69, 9.17) is 11.6 Å². The first-order valence-electron chi connectivity index (χ1n) is 6.70. The van der Waals surface area contributed by atoms with Crippen LogP contribution in [0.1, 0.15) is 27.0 Å². The second-order valence-electron chi connectivity index (χ2n) is 5.25. The van der Waals surface area contributed by atoms with Crippen LogP contribution >= 0.6 is 11.6 Å². The van der Waals surface area contributed by atoms with Crippen LogP contribution < -0.4 is 4.90 Å². The molecule has 0 unspecified atom stereocenters. The van der Waals surface area contributed by atoms with Crippen LogP contribution in [0, 0.1) is 13.8 Å². The standard InChI is InChI=1S/C17H14ClNO2/c1-10-4-3-5-11(2)14(10)9-19-15-7-6-12(18)8-13(15)16(20)17(19)21/h3-8H,9H2,1-2H3. The molecule has 0 spiro atoms. The number of Topliss-reactive ketones (excluding diaryl/α,β-unsaturated/α-hetero) is 1. The largest absolute Gasteiger partial charge is 0.300 e. The van der Waals surface area contributed by atoms with E-state index < -0.39 is 11.7 Å². The number of carbonyl (C=O) groups excluding carboxylic acids is 2. The highest BCUT2D eigenvalue weighted by molar-refractivity contribution is 6.52. The number of amides is 1. The first-order chi connectivity index (χ1) is 9.99. The van der Waals surface area contributed by atoms with Crippen LogP contribution in [0.4, 0.5) is 5.69 Å². The van der Waals surface area contributed by atoms with Crippen molar-refractivity contribution in [3.8, 4) is 0 Å². The Balaban J connectivity index is 2.05. The molecule has 2 aromatic carbocycles. The zero-order valence-corrected chi connectivity index (χ0v) is 12.6. The maximum atomic E-state index is 12.2. The molecule has 0 bridgehead atoms. The Hall–Kier alpha value is -2.13. The van der Waals surface area contributed by atoms with Crippen LogP contribution in [0.3, 0.4) is 0 Å². The highest BCUT2D eigenvalue weighted by atomic mass is 35.5. The van der Waals surface area contributed by atoms with E-state index >= 15 is 0 Å². The molecular formula is C17H14ClNO2. The summed E-state index contributed by atoms with van der Waals surface area (Å²) in [5.41, 5.74) is 4.31. The monoisotopic (exact) mass is 299 g/mol. The molecule has 0 saturated heterocycles. The molecular weight excluding hydrogens is 286 g/mol. The quantitative estimate of drug-likeness (QED) is 0.793. The number of hydrogen-bond acceptors (Lipinski definition) is 2. The minimum atomic E-state index is -0.491. The van der Waals surface area contributed by atoms with E-state index in [1.807, 2.05) is 32.0 Å². The Morgan fingerprint density at radius 2 is 1.71 bits per heavy atom. The van der Waals surface area contributed by atoms with Gasteiger partial charge in [-0.1, -0.05) is 29.8 Å². The van der Waals surface area contributed by atoms with Gasteiger partial charge in [-0.25, -0.2) is 0 Å². The molecule has 4 heteroatoms. The van der Waals surface area contributed by atoms with E-state index in [2.05, 4.69) is 0 Å². The molecule has 1 amide bonds. The Morgan fingerprint density at radius 3 is 2.38 bits per heavy atom. The number of nitrogens with zero attached hydrogens (tertiary/aromatic N) is 1. The third-order valence-corrected chi connectivity index (χ3v) is 4.13. The lowest BCUT2D eigenvalue weighted by Gasteiger charge is -2.19. The van der Waals surface area contributed by atoms with Crippen LogP contribution in [0.25, 0.3) is 0 Å². The predicted octanol–water partition coefficient (Wildman–Crippen LogP) is 3.69. The molecule has 106 valence electrons. The van der Waals surface area contributed by atoms with Crippen LogP contribution in [-0.2, 0) is 11.3 Å². The first kappa shape index (κ1) is 13.8. The summed E-state index contributed by atoms with van der Waals surface area (Å²) in [6.45, 7) is 4.42. The molecule has 1 aliphatic heterocycles. The second-order valence-corrected chi connectivity index (χ2v) is 5.69. The zero-order valence-electron chi connectivity index (χ0n) is 11.8. The summed E-state index contributed by atoms with van der Waals surface area (Å²) in [6, 6.07) is 11.0. The molecule has 0 aliphatic carbocycles. The summed E-state index contributed by atoms with van der Waals surface area (Å²) < 4.78 is 0. The summed E-state index contributed by atoms with van der Waals surface area (Å²) in [5.74, 6) is -0.978. The molecule has 21 heavy (non-hydrogen) atoms. The number of hydrogen-bond donors (Lipinski definition) is 0. The molecule has 0 radical (unpaired) electrons. The predicted molar refractivity (Wildman–Crippen MR) is 82.9 cm³/mol. The Morgan fingerprint density at radius 1 is 1.05 bits per heavy atom. The SMILES string of the molecule is Cc1cccc(C)c1CN1C(=O)C(=O)c2cc(Cl)ccc21. The van der Waals surface area contributed by atoms with Gasteiger partial charge in [0.25, 0.3) is 11.7 Å². The number of fused-ring (bicyclic) bond motifs is 1. The number of aryl methyl sites for hydroxylation is 2. The van der Waals surface area contributed by atoms with Crippen molar-refractivity contribution < 1.29 is 9.59 Å². The molecule has 3 nitrogen and oxygen atoms in total. The lowest BCUT2D eigenvalue weighted by atomic mass is 10.0. The van der Waals surface area contributed by atoms with Gasteiger partial charge in [0.05, 0.1) is 17.8 Å². The number of anilines is 1. The first-order valence-corrected chi connectivity index (χ1v) is 7.07. The zero-order chi connectivity index (χ0) is 15.1. The summed E-state index contributed by atoms with van der Waals surface area (Å²) in [4.78, 5) is 25.8. The fourth-order valence-electron chi connectivity index (χ4n) is 2.69. The summed E-state index contributed by atoms with van der Waals surface area (Å²) >= 11 is 5.91. The number of ketones is 1. The third-order valence-electron chi connectivity index (χ3n) is 3.89. The molecule has 2 aromatic rings. The van der Waals surface area contributed by atoms with Gasteiger partial charge in [-0.15, -0.1) is 0 Å². The number of benzene rings is 2. The van der Waals surface area contributed by atoms with Crippen molar-refractivity contribution in [1.82, 2.24) is 0 Å². The van der Waals surface area contributed by atoms with Crippen molar-refractivity contribution in [1.29, 1.82) is 0 Å². The Labute approximate surface area is 128 Å². The minimum absolute atomic E-state index is 0.388. The van der Waals surface area contributed by atoms with Crippen LogP contribution in [0.15, 0.2) is 36.4 Å². The second kappa shape index (κ2) is 5.01.